The Bertz CT molecular complexity index is 657. The predicted octanol–water partition coefficient (Wildman–Crippen LogP) is 5.09. The molecule has 0 aliphatic carbocycles. The van der Waals surface area contributed by atoms with Gasteiger partial charge in [-0.25, -0.2) is 0 Å². The molecule has 1 amide bonds. The third kappa shape index (κ3) is 5.61. The predicted molar refractivity (Wildman–Crippen MR) is 95.2 cm³/mol. The van der Waals surface area contributed by atoms with E-state index in [4.69, 9.17) is 16.3 Å². The number of anilines is 1. The summed E-state index contributed by atoms with van der Waals surface area (Å²) in [6.45, 7) is 4.10. The third-order valence-corrected chi connectivity index (χ3v) is 3.98. The Kier molecular flexibility index (Phi) is 6.48. The molecule has 0 radical (unpaired) electrons. The highest BCUT2D eigenvalue weighted by Gasteiger charge is 2.07. The lowest BCUT2D eigenvalue weighted by atomic mass is 10.1. The van der Waals surface area contributed by atoms with Crippen LogP contribution in [0.2, 0.25) is 5.02 Å². The van der Waals surface area contributed by atoms with E-state index in [1.54, 1.807) is 0 Å². The van der Waals surface area contributed by atoms with Gasteiger partial charge in [0.2, 0.25) is 5.91 Å². The molecule has 4 heteroatoms. The van der Waals surface area contributed by atoms with Crippen LogP contribution in [-0.2, 0) is 11.2 Å². The number of rotatable bonds is 7. The smallest absolute Gasteiger partial charge is 0.224 e. The summed E-state index contributed by atoms with van der Waals surface area (Å²) in [6.07, 6.45) is 2.10. The Morgan fingerprint density at radius 3 is 2.74 bits per heavy atom. The third-order valence-electron chi connectivity index (χ3n) is 3.61. The lowest BCUT2D eigenvalue weighted by Crippen LogP contribution is -2.13. The van der Waals surface area contributed by atoms with Gasteiger partial charge in [-0.1, -0.05) is 42.8 Å². The minimum Gasteiger partial charge on any atom is -0.491 e. The van der Waals surface area contributed by atoms with Crippen LogP contribution in [0.4, 0.5) is 5.69 Å². The lowest BCUT2D eigenvalue weighted by molar-refractivity contribution is -0.116. The Morgan fingerprint density at radius 2 is 2.00 bits per heavy atom. The number of nitrogens with one attached hydrogen (secondary N) is 1. The van der Waals surface area contributed by atoms with Crippen molar-refractivity contribution in [1.29, 1.82) is 0 Å². The van der Waals surface area contributed by atoms with Crippen LogP contribution in [0.1, 0.15) is 32.3 Å². The molecule has 2 rings (SSSR count). The minimum atomic E-state index is -0.0365. The Balaban J connectivity index is 1.90. The van der Waals surface area contributed by atoms with Crippen LogP contribution in [0.25, 0.3) is 0 Å². The van der Waals surface area contributed by atoms with Gasteiger partial charge in [0.15, 0.2) is 0 Å². The summed E-state index contributed by atoms with van der Waals surface area (Å²) < 4.78 is 5.76. The topological polar surface area (TPSA) is 38.3 Å². The Labute approximate surface area is 142 Å². The van der Waals surface area contributed by atoms with Crippen molar-refractivity contribution in [3.05, 3.63) is 59.1 Å². The van der Waals surface area contributed by atoms with Crippen molar-refractivity contribution in [2.45, 2.75) is 39.2 Å². The first kappa shape index (κ1) is 17.4. The first-order valence-corrected chi connectivity index (χ1v) is 8.26. The number of hydrogen-bond acceptors (Lipinski definition) is 2. The molecule has 0 spiro atoms. The lowest BCUT2D eigenvalue weighted by Gasteiger charge is -2.13. The van der Waals surface area contributed by atoms with Crippen molar-refractivity contribution >= 4 is 23.2 Å². The second-order valence-corrected chi connectivity index (χ2v) is 5.91. The molecule has 122 valence electrons. The van der Waals surface area contributed by atoms with Crippen LogP contribution >= 0.6 is 11.6 Å². The molecule has 0 aliphatic heterocycles. The second-order valence-electron chi connectivity index (χ2n) is 5.50. The molecule has 1 N–H and O–H groups in total. The van der Waals surface area contributed by atoms with Gasteiger partial charge in [0, 0.05) is 23.2 Å². The molecule has 0 saturated heterocycles. The van der Waals surface area contributed by atoms with Gasteiger partial charge in [-0.15, -0.1) is 0 Å². The van der Waals surface area contributed by atoms with Crippen LogP contribution in [-0.4, -0.2) is 12.0 Å². The van der Waals surface area contributed by atoms with Gasteiger partial charge in [0.1, 0.15) is 5.75 Å². The van der Waals surface area contributed by atoms with E-state index >= 15 is 0 Å². The molecule has 0 saturated carbocycles. The Hall–Kier alpha value is -2.00. The fraction of sp³-hybridized carbons (Fsp3) is 0.316. The van der Waals surface area contributed by atoms with Crippen molar-refractivity contribution in [2.24, 2.45) is 0 Å². The van der Waals surface area contributed by atoms with E-state index in [9.17, 15) is 4.79 Å². The van der Waals surface area contributed by atoms with E-state index in [0.29, 0.717) is 17.9 Å². The number of aryl methyl sites for hydroxylation is 1. The van der Waals surface area contributed by atoms with Gasteiger partial charge < -0.3 is 10.1 Å². The summed E-state index contributed by atoms with van der Waals surface area (Å²) in [4.78, 5) is 12.1. The fourth-order valence-corrected chi connectivity index (χ4v) is 2.37. The van der Waals surface area contributed by atoms with Crippen molar-refractivity contribution in [2.75, 3.05) is 5.32 Å². The number of amides is 1. The van der Waals surface area contributed by atoms with E-state index in [1.165, 1.54) is 0 Å². The number of hydrogen-bond donors (Lipinski definition) is 1. The van der Waals surface area contributed by atoms with Crippen LogP contribution < -0.4 is 10.1 Å². The maximum atomic E-state index is 12.1. The van der Waals surface area contributed by atoms with Gasteiger partial charge >= 0.3 is 0 Å². The number of carbonyl (C=O) groups is 1. The van der Waals surface area contributed by atoms with Crippen LogP contribution in [0.5, 0.6) is 5.75 Å². The molecular weight excluding hydrogens is 310 g/mol. The molecule has 0 fully saturated rings. The molecule has 1 unspecified atom stereocenters. The SMILES string of the molecule is CCC(C)Oc1cccc(NC(=O)CCc2ccccc2Cl)c1. The molecule has 1 atom stereocenters. The number of ether oxygens (including phenoxy) is 1. The normalized spacial score (nSPS) is 11.8. The van der Waals surface area contributed by atoms with Crippen molar-refractivity contribution < 1.29 is 9.53 Å². The summed E-state index contributed by atoms with van der Waals surface area (Å²) in [5.41, 5.74) is 1.73. The first-order chi connectivity index (χ1) is 11.1. The van der Waals surface area contributed by atoms with E-state index in [1.807, 2.05) is 55.5 Å². The van der Waals surface area contributed by atoms with Gasteiger partial charge in [-0.2, -0.15) is 0 Å². The largest absolute Gasteiger partial charge is 0.491 e. The Morgan fingerprint density at radius 1 is 1.22 bits per heavy atom. The summed E-state index contributed by atoms with van der Waals surface area (Å²) in [7, 11) is 0. The molecule has 0 heterocycles. The quantitative estimate of drug-likeness (QED) is 0.767. The molecule has 0 bridgehead atoms. The van der Waals surface area contributed by atoms with Crippen molar-refractivity contribution in [3.63, 3.8) is 0 Å². The number of carbonyl (C=O) groups excluding carboxylic acids is 1. The number of halogens is 1. The van der Waals surface area contributed by atoms with E-state index < -0.39 is 0 Å². The first-order valence-electron chi connectivity index (χ1n) is 7.88. The molecule has 2 aromatic carbocycles. The zero-order valence-corrected chi connectivity index (χ0v) is 14.3. The molecule has 3 nitrogen and oxygen atoms in total. The summed E-state index contributed by atoms with van der Waals surface area (Å²) >= 11 is 6.10. The zero-order chi connectivity index (χ0) is 16.7. The van der Waals surface area contributed by atoms with Crippen molar-refractivity contribution in [3.8, 4) is 5.75 Å². The van der Waals surface area contributed by atoms with Crippen LogP contribution in [0.15, 0.2) is 48.5 Å². The zero-order valence-electron chi connectivity index (χ0n) is 13.5. The van der Waals surface area contributed by atoms with Gasteiger partial charge in [-0.05, 0) is 43.5 Å². The van der Waals surface area contributed by atoms with Crippen molar-refractivity contribution in [1.82, 2.24) is 0 Å². The van der Waals surface area contributed by atoms with E-state index in [-0.39, 0.29) is 12.0 Å². The van der Waals surface area contributed by atoms with E-state index in [0.717, 1.165) is 23.4 Å². The van der Waals surface area contributed by atoms with Gasteiger partial charge in [-0.3, -0.25) is 4.79 Å². The highest BCUT2D eigenvalue weighted by atomic mass is 35.5. The van der Waals surface area contributed by atoms with Crippen LogP contribution in [0.3, 0.4) is 0 Å². The average molecular weight is 332 g/mol. The monoisotopic (exact) mass is 331 g/mol. The summed E-state index contributed by atoms with van der Waals surface area (Å²) in [6, 6.07) is 15.1. The summed E-state index contributed by atoms with van der Waals surface area (Å²) in [5.74, 6) is 0.730. The second kappa shape index (κ2) is 8.59. The molecule has 23 heavy (non-hydrogen) atoms. The summed E-state index contributed by atoms with van der Waals surface area (Å²) in [5, 5.41) is 3.60. The highest BCUT2D eigenvalue weighted by molar-refractivity contribution is 6.31. The maximum absolute atomic E-state index is 12.1. The number of benzene rings is 2. The fourth-order valence-electron chi connectivity index (χ4n) is 2.14. The van der Waals surface area contributed by atoms with Crippen LogP contribution in [0, 0.1) is 0 Å². The average Bonchev–Trinajstić information content (AvgIpc) is 2.54. The molecule has 2 aromatic rings. The minimum absolute atomic E-state index is 0.0365. The maximum Gasteiger partial charge on any atom is 0.224 e. The molecule has 0 aliphatic rings. The highest BCUT2D eigenvalue weighted by Crippen LogP contribution is 2.20. The van der Waals surface area contributed by atoms with E-state index in [2.05, 4.69) is 12.2 Å². The van der Waals surface area contributed by atoms with Gasteiger partial charge in [0.05, 0.1) is 6.10 Å². The molecule has 0 aromatic heterocycles. The standard InChI is InChI=1S/C19H22ClNO2/c1-3-14(2)23-17-9-6-8-16(13-17)21-19(22)12-11-15-7-4-5-10-18(15)20/h4-10,13-14H,3,11-12H2,1-2H3,(H,21,22). The molecular formula is C19H22ClNO2. The van der Waals surface area contributed by atoms with Gasteiger partial charge in [0.25, 0.3) is 0 Å².